The van der Waals surface area contributed by atoms with Crippen molar-refractivity contribution in [2.45, 2.75) is 19.3 Å². The lowest BCUT2D eigenvalue weighted by Crippen LogP contribution is -2.16. The monoisotopic (exact) mass is 271 g/mol. The molecule has 0 heterocycles. The fraction of sp³-hybridized carbons (Fsp3) is 0.375. The van der Waals surface area contributed by atoms with Crippen LogP contribution in [0.4, 0.5) is 5.69 Å². The molecule has 0 radical (unpaired) electrons. The molecule has 2 aliphatic rings. The summed E-state index contributed by atoms with van der Waals surface area (Å²) in [6.45, 7) is 0. The van der Waals surface area contributed by atoms with Gasteiger partial charge in [0, 0.05) is 17.7 Å². The molecule has 3 rings (SSSR count). The molecule has 104 valence electrons. The predicted octanol–water partition coefficient (Wildman–Crippen LogP) is 2.77. The van der Waals surface area contributed by atoms with Gasteiger partial charge in [0.2, 0.25) is 5.91 Å². The Labute approximate surface area is 117 Å². The van der Waals surface area contributed by atoms with Crippen LogP contribution in [0, 0.1) is 17.8 Å². The Morgan fingerprint density at radius 3 is 2.70 bits per heavy atom. The number of fused-ring (bicyclic) bond motifs is 1. The highest BCUT2D eigenvalue weighted by Gasteiger charge is 2.56. The second-order valence-electron chi connectivity index (χ2n) is 5.57. The van der Waals surface area contributed by atoms with E-state index in [9.17, 15) is 9.59 Å². The first-order chi connectivity index (χ1) is 9.65. The Morgan fingerprint density at radius 2 is 2.00 bits per heavy atom. The van der Waals surface area contributed by atoms with Crippen LogP contribution in [0.5, 0.6) is 0 Å². The van der Waals surface area contributed by atoms with E-state index in [1.165, 1.54) is 25.3 Å². The van der Waals surface area contributed by atoms with Crippen molar-refractivity contribution in [2.75, 3.05) is 5.32 Å². The van der Waals surface area contributed by atoms with Crippen molar-refractivity contribution >= 4 is 23.6 Å². The van der Waals surface area contributed by atoms with Crippen LogP contribution in [0.2, 0.25) is 0 Å². The number of amides is 1. The second-order valence-corrected chi connectivity index (χ2v) is 5.57. The topological polar surface area (TPSA) is 66.4 Å². The summed E-state index contributed by atoms with van der Waals surface area (Å²) in [7, 11) is 0. The van der Waals surface area contributed by atoms with Gasteiger partial charge in [0.05, 0.1) is 0 Å². The summed E-state index contributed by atoms with van der Waals surface area (Å²) in [5, 5.41) is 11.5. The first kappa shape index (κ1) is 12.9. The summed E-state index contributed by atoms with van der Waals surface area (Å²) in [6.07, 6.45) is 6.24. The van der Waals surface area contributed by atoms with E-state index in [1.807, 2.05) is 12.1 Å². The molecular formula is C16H17NO3. The van der Waals surface area contributed by atoms with E-state index in [1.54, 1.807) is 12.1 Å². The highest BCUT2D eigenvalue weighted by atomic mass is 16.4. The van der Waals surface area contributed by atoms with Gasteiger partial charge in [0.15, 0.2) is 0 Å². The maximum absolute atomic E-state index is 12.1. The number of rotatable bonds is 4. The van der Waals surface area contributed by atoms with Gasteiger partial charge in [0.25, 0.3) is 0 Å². The van der Waals surface area contributed by atoms with Crippen LogP contribution < -0.4 is 5.32 Å². The minimum Gasteiger partial charge on any atom is -0.478 e. The second kappa shape index (κ2) is 5.12. The van der Waals surface area contributed by atoms with Crippen molar-refractivity contribution in [3.05, 3.63) is 35.9 Å². The number of benzene rings is 1. The van der Waals surface area contributed by atoms with Crippen molar-refractivity contribution in [3.8, 4) is 0 Å². The van der Waals surface area contributed by atoms with Crippen LogP contribution in [0.25, 0.3) is 6.08 Å². The van der Waals surface area contributed by atoms with Gasteiger partial charge < -0.3 is 10.4 Å². The van der Waals surface area contributed by atoms with Gasteiger partial charge in [0.1, 0.15) is 0 Å². The normalized spacial score (nSPS) is 27.3. The van der Waals surface area contributed by atoms with Crippen LogP contribution in [0.15, 0.2) is 30.3 Å². The molecule has 1 aromatic rings. The SMILES string of the molecule is O=C(O)/C=C/c1cccc(NC(=O)C2C3CCCC32)c1. The summed E-state index contributed by atoms with van der Waals surface area (Å²) >= 11 is 0. The summed E-state index contributed by atoms with van der Waals surface area (Å²) in [4.78, 5) is 22.6. The fourth-order valence-corrected chi connectivity index (χ4v) is 3.32. The summed E-state index contributed by atoms with van der Waals surface area (Å²) in [5.41, 5.74) is 1.49. The van der Waals surface area contributed by atoms with E-state index in [0.717, 1.165) is 17.3 Å². The van der Waals surface area contributed by atoms with Crippen molar-refractivity contribution in [1.82, 2.24) is 0 Å². The molecule has 0 spiro atoms. The van der Waals surface area contributed by atoms with E-state index >= 15 is 0 Å². The first-order valence-corrected chi connectivity index (χ1v) is 6.97. The maximum Gasteiger partial charge on any atom is 0.328 e. The van der Waals surface area contributed by atoms with Crippen LogP contribution >= 0.6 is 0 Å². The van der Waals surface area contributed by atoms with Gasteiger partial charge in [-0.15, -0.1) is 0 Å². The number of nitrogens with one attached hydrogen (secondary N) is 1. The standard InChI is InChI=1S/C16H17NO3/c18-14(19)8-7-10-3-1-4-11(9-10)17-16(20)15-12-5-2-6-13(12)15/h1,3-4,7-9,12-13,15H,2,5-6H2,(H,17,20)(H,18,19)/b8-7+. The number of carbonyl (C=O) groups is 2. The lowest BCUT2D eigenvalue weighted by Gasteiger charge is -2.07. The minimum absolute atomic E-state index is 0.110. The summed E-state index contributed by atoms with van der Waals surface area (Å²) in [5.74, 6) is 0.529. The minimum atomic E-state index is -0.981. The van der Waals surface area contributed by atoms with Crippen molar-refractivity contribution in [3.63, 3.8) is 0 Å². The molecule has 4 heteroatoms. The third-order valence-electron chi connectivity index (χ3n) is 4.28. The van der Waals surface area contributed by atoms with E-state index in [0.29, 0.717) is 11.8 Å². The van der Waals surface area contributed by atoms with Crippen LogP contribution in [-0.4, -0.2) is 17.0 Å². The zero-order valence-corrected chi connectivity index (χ0v) is 11.1. The van der Waals surface area contributed by atoms with Crippen LogP contribution in [0.3, 0.4) is 0 Å². The molecule has 0 bridgehead atoms. The lowest BCUT2D eigenvalue weighted by atomic mass is 10.1. The molecule has 4 nitrogen and oxygen atoms in total. The lowest BCUT2D eigenvalue weighted by molar-refractivity contribution is -0.131. The Morgan fingerprint density at radius 1 is 1.25 bits per heavy atom. The number of anilines is 1. The van der Waals surface area contributed by atoms with Gasteiger partial charge in [-0.25, -0.2) is 4.79 Å². The Bertz CT molecular complexity index is 569. The quantitative estimate of drug-likeness (QED) is 0.827. The largest absolute Gasteiger partial charge is 0.478 e. The highest BCUT2D eigenvalue weighted by molar-refractivity contribution is 5.95. The van der Waals surface area contributed by atoms with Crippen molar-refractivity contribution < 1.29 is 14.7 Å². The molecule has 2 unspecified atom stereocenters. The number of carbonyl (C=O) groups excluding carboxylic acids is 1. The van der Waals surface area contributed by atoms with Gasteiger partial charge >= 0.3 is 5.97 Å². The number of carboxylic acids is 1. The molecule has 1 amide bonds. The van der Waals surface area contributed by atoms with Gasteiger partial charge in [-0.3, -0.25) is 4.79 Å². The molecule has 2 atom stereocenters. The molecule has 1 aromatic carbocycles. The van der Waals surface area contributed by atoms with Crippen LogP contribution in [-0.2, 0) is 9.59 Å². The Balaban J connectivity index is 1.64. The highest BCUT2D eigenvalue weighted by Crippen LogP contribution is 2.57. The van der Waals surface area contributed by atoms with E-state index < -0.39 is 5.97 Å². The average Bonchev–Trinajstić information content (AvgIpc) is 2.91. The first-order valence-electron chi connectivity index (χ1n) is 6.97. The Hall–Kier alpha value is -2.10. The van der Waals surface area contributed by atoms with Gasteiger partial charge in [-0.1, -0.05) is 18.6 Å². The molecule has 2 saturated carbocycles. The van der Waals surface area contributed by atoms with E-state index in [-0.39, 0.29) is 11.8 Å². The summed E-state index contributed by atoms with van der Waals surface area (Å²) < 4.78 is 0. The van der Waals surface area contributed by atoms with Gasteiger partial charge in [-0.2, -0.15) is 0 Å². The molecule has 0 aromatic heterocycles. The molecule has 2 N–H and O–H groups in total. The van der Waals surface area contributed by atoms with Crippen LogP contribution in [0.1, 0.15) is 24.8 Å². The maximum atomic E-state index is 12.1. The van der Waals surface area contributed by atoms with Crippen molar-refractivity contribution in [1.29, 1.82) is 0 Å². The number of hydrogen-bond acceptors (Lipinski definition) is 2. The molecule has 2 fully saturated rings. The third kappa shape index (κ3) is 2.59. The number of carboxylic acid groups (broad SMARTS) is 1. The number of aliphatic carboxylic acids is 1. The zero-order valence-electron chi connectivity index (χ0n) is 11.1. The fourth-order valence-electron chi connectivity index (χ4n) is 3.32. The predicted molar refractivity (Wildman–Crippen MR) is 76.1 cm³/mol. The molecular weight excluding hydrogens is 254 g/mol. The summed E-state index contributed by atoms with van der Waals surface area (Å²) in [6, 6.07) is 7.23. The van der Waals surface area contributed by atoms with Gasteiger partial charge in [-0.05, 0) is 48.4 Å². The van der Waals surface area contributed by atoms with E-state index in [4.69, 9.17) is 5.11 Å². The molecule has 2 aliphatic carbocycles. The Kier molecular flexibility index (Phi) is 3.30. The average molecular weight is 271 g/mol. The van der Waals surface area contributed by atoms with Crippen molar-refractivity contribution in [2.24, 2.45) is 17.8 Å². The third-order valence-corrected chi connectivity index (χ3v) is 4.28. The molecule has 0 saturated heterocycles. The van der Waals surface area contributed by atoms with E-state index in [2.05, 4.69) is 5.32 Å². The zero-order chi connectivity index (χ0) is 14.1. The number of hydrogen-bond donors (Lipinski definition) is 2. The smallest absolute Gasteiger partial charge is 0.328 e. The molecule has 20 heavy (non-hydrogen) atoms. The molecule has 0 aliphatic heterocycles.